The second-order valence-corrected chi connectivity index (χ2v) is 6.24. The lowest BCUT2D eigenvalue weighted by Crippen LogP contribution is -2.36. The van der Waals surface area contributed by atoms with Gasteiger partial charge in [0.15, 0.2) is 0 Å². The van der Waals surface area contributed by atoms with Crippen LogP contribution < -0.4 is 15.4 Å². The van der Waals surface area contributed by atoms with Crippen molar-refractivity contribution in [1.29, 1.82) is 0 Å². The Balaban J connectivity index is 1.94. The maximum Gasteiger partial charge on any atom is 0.319 e. The molecule has 6 heteroatoms. The number of rotatable bonds is 7. The average molecular weight is 333 g/mol. The molecular formula is C17H23N3O2S. The van der Waals surface area contributed by atoms with Crippen molar-refractivity contribution < 1.29 is 9.53 Å². The summed E-state index contributed by atoms with van der Waals surface area (Å²) in [5.41, 5.74) is 0.671. The van der Waals surface area contributed by atoms with Gasteiger partial charge in [-0.3, -0.25) is 0 Å². The molecule has 2 amide bonds. The van der Waals surface area contributed by atoms with Crippen molar-refractivity contribution in [2.75, 3.05) is 32.6 Å². The Hall–Kier alpha value is -2.05. The third-order valence-electron chi connectivity index (χ3n) is 3.39. The van der Waals surface area contributed by atoms with E-state index in [0.717, 1.165) is 0 Å². The van der Waals surface area contributed by atoms with Crippen LogP contribution in [-0.4, -0.2) is 38.2 Å². The molecule has 23 heavy (non-hydrogen) atoms. The van der Waals surface area contributed by atoms with Gasteiger partial charge in [0.05, 0.1) is 18.3 Å². The molecular weight excluding hydrogens is 310 g/mol. The number of ether oxygens (including phenoxy) is 1. The number of carbonyl (C=O) groups excluding carboxylic acids is 1. The first kappa shape index (κ1) is 17.3. The highest BCUT2D eigenvalue weighted by Gasteiger charge is 2.16. The molecule has 0 aliphatic carbocycles. The van der Waals surface area contributed by atoms with Crippen LogP contribution in [0.1, 0.15) is 17.8 Å². The molecule has 2 rings (SSSR count). The number of carbonyl (C=O) groups is 1. The number of nitrogens with zero attached hydrogens (tertiary/aromatic N) is 1. The quantitative estimate of drug-likeness (QED) is 0.814. The summed E-state index contributed by atoms with van der Waals surface area (Å²) in [6, 6.07) is 11.4. The highest BCUT2D eigenvalue weighted by atomic mass is 32.1. The number of nitrogens with one attached hydrogen (secondary N) is 2. The molecule has 0 bridgehead atoms. The molecule has 1 atom stereocenters. The first-order valence-corrected chi connectivity index (χ1v) is 8.46. The second-order valence-electron chi connectivity index (χ2n) is 5.26. The molecule has 0 fully saturated rings. The molecule has 0 spiro atoms. The van der Waals surface area contributed by atoms with E-state index < -0.39 is 0 Å². The Morgan fingerprint density at radius 3 is 2.70 bits per heavy atom. The lowest BCUT2D eigenvalue weighted by atomic mass is 10.2. The van der Waals surface area contributed by atoms with E-state index in [0.29, 0.717) is 24.6 Å². The van der Waals surface area contributed by atoms with E-state index in [1.165, 1.54) is 4.88 Å². The number of hydrogen-bond acceptors (Lipinski definition) is 4. The lowest BCUT2D eigenvalue weighted by molar-refractivity contribution is 0.243. The smallest absolute Gasteiger partial charge is 0.319 e. The first-order valence-electron chi connectivity index (χ1n) is 7.58. The number of likely N-dealkylation sites (N-methyl/N-ethyl adjacent to an activating group) is 1. The van der Waals surface area contributed by atoms with Gasteiger partial charge in [-0.05, 0) is 44.6 Å². The van der Waals surface area contributed by atoms with Crippen LogP contribution in [0.25, 0.3) is 0 Å². The van der Waals surface area contributed by atoms with Gasteiger partial charge >= 0.3 is 6.03 Å². The molecule has 0 saturated heterocycles. The molecule has 1 aromatic heterocycles. The van der Waals surface area contributed by atoms with Crippen molar-refractivity contribution in [2.45, 2.75) is 13.0 Å². The summed E-state index contributed by atoms with van der Waals surface area (Å²) >= 11 is 1.69. The zero-order valence-corrected chi connectivity index (χ0v) is 14.5. The topological polar surface area (TPSA) is 53.6 Å². The van der Waals surface area contributed by atoms with E-state index in [-0.39, 0.29) is 12.1 Å². The van der Waals surface area contributed by atoms with Crippen LogP contribution in [0.2, 0.25) is 0 Å². The number of thiophene rings is 1. The van der Waals surface area contributed by atoms with Crippen molar-refractivity contribution in [2.24, 2.45) is 0 Å². The standard InChI is InChI=1S/C17H23N3O2S/c1-4-22-15-9-6-5-8-13(15)19-17(21)18-12-14(20(2)3)16-10-7-11-23-16/h5-11,14H,4,12H2,1-3H3,(H2,18,19,21)/t14-/m1/s1. The minimum atomic E-state index is -0.236. The number of benzene rings is 1. The molecule has 0 aliphatic rings. The lowest BCUT2D eigenvalue weighted by Gasteiger charge is -2.23. The zero-order valence-electron chi connectivity index (χ0n) is 13.7. The van der Waals surface area contributed by atoms with Gasteiger partial charge in [-0.25, -0.2) is 4.79 Å². The van der Waals surface area contributed by atoms with Crippen molar-refractivity contribution in [3.05, 3.63) is 46.7 Å². The molecule has 0 unspecified atom stereocenters. The van der Waals surface area contributed by atoms with Gasteiger partial charge in [0.1, 0.15) is 5.75 Å². The van der Waals surface area contributed by atoms with Crippen molar-refractivity contribution in [3.8, 4) is 5.75 Å². The molecule has 124 valence electrons. The summed E-state index contributed by atoms with van der Waals surface area (Å²) in [5.74, 6) is 0.674. The number of urea groups is 1. The average Bonchev–Trinajstić information content (AvgIpc) is 3.03. The van der Waals surface area contributed by atoms with Crippen molar-refractivity contribution in [3.63, 3.8) is 0 Å². The number of para-hydroxylation sites is 2. The summed E-state index contributed by atoms with van der Waals surface area (Å²) in [4.78, 5) is 15.5. The van der Waals surface area contributed by atoms with Crippen molar-refractivity contribution in [1.82, 2.24) is 10.2 Å². The monoisotopic (exact) mass is 333 g/mol. The largest absolute Gasteiger partial charge is 0.492 e. The second kappa shape index (κ2) is 8.55. The fraction of sp³-hybridized carbons (Fsp3) is 0.353. The maximum absolute atomic E-state index is 12.2. The zero-order chi connectivity index (χ0) is 16.7. The summed E-state index contributed by atoms with van der Waals surface area (Å²) in [7, 11) is 4.02. The maximum atomic E-state index is 12.2. The Morgan fingerprint density at radius 1 is 1.26 bits per heavy atom. The summed E-state index contributed by atoms with van der Waals surface area (Å²) in [6.07, 6.45) is 0. The SMILES string of the molecule is CCOc1ccccc1NC(=O)NC[C@H](c1cccs1)N(C)C. The van der Waals surface area contributed by atoms with E-state index in [2.05, 4.69) is 21.6 Å². The minimum absolute atomic E-state index is 0.155. The molecule has 0 radical (unpaired) electrons. The van der Waals surface area contributed by atoms with Crippen LogP contribution in [0, 0.1) is 0 Å². The predicted octanol–water partition coefficient (Wildman–Crippen LogP) is 3.57. The molecule has 2 aromatic rings. The highest BCUT2D eigenvalue weighted by molar-refractivity contribution is 7.10. The van der Waals surface area contributed by atoms with E-state index >= 15 is 0 Å². The van der Waals surface area contributed by atoms with Crippen LogP contribution in [0.3, 0.4) is 0 Å². The Morgan fingerprint density at radius 2 is 2.04 bits per heavy atom. The van der Waals surface area contributed by atoms with E-state index in [4.69, 9.17) is 4.74 Å². The molecule has 2 N–H and O–H groups in total. The van der Waals surface area contributed by atoms with Crippen LogP contribution in [-0.2, 0) is 0 Å². The van der Waals surface area contributed by atoms with E-state index in [1.807, 2.05) is 56.7 Å². The van der Waals surface area contributed by atoms with Crippen LogP contribution >= 0.6 is 11.3 Å². The summed E-state index contributed by atoms with van der Waals surface area (Å²) in [6.45, 7) is 3.01. The van der Waals surface area contributed by atoms with E-state index in [9.17, 15) is 4.79 Å². The van der Waals surface area contributed by atoms with Gasteiger partial charge in [0.2, 0.25) is 0 Å². The molecule has 0 saturated carbocycles. The number of anilines is 1. The number of hydrogen-bond donors (Lipinski definition) is 2. The van der Waals surface area contributed by atoms with Crippen LogP contribution in [0.5, 0.6) is 5.75 Å². The predicted molar refractivity (Wildman–Crippen MR) is 95.4 cm³/mol. The van der Waals surface area contributed by atoms with E-state index in [1.54, 1.807) is 11.3 Å². The van der Waals surface area contributed by atoms with Gasteiger partial charge in [0.25, 0.3) is 0 Å². The normalized spacial score (nSPS) is 12.0. The fourth-order valence-corrected chi connectivity index (χ4v) is 3.15. The first-order chi connectivity index (χ1) is 11.1. The molecule has 1 heterocycles. The molecule has 5 nitrogen and oxygen atoms in total. The van der Waals surface area contributed by atoms with Gasteiger partial charge < -0.3 is 20.3 Å². The Labute approximate surface area is 141 Å². The van der Waals surface area contributed by atoms with Crippen molar-refractivity contribution >= 4 is 23.1 Å². The Bertz CT molecular complexity index is 614. The third kappa shape index (κ3) is 4.97. The van der Waals surface area contributed by atoms with Crippen LogP contribution in [0.15, 0.2) is 41.8 Å². The summed E-state index contributed by atoms with van der Waals surface area (Å²) < 4.78 is 5.51. The van der Waals surface area contributed by atoms with Gasteiger partial charge in [-0.15, -0.1) is 11.3 Å². The molecule has 1 aromatic carbocycles. The number of amides is 2. The summed E-state index contributed by atoms with van der Waals surface area (Å²) in [5, 5.41) is 7.82. The Kier molecular flexibility index (Phi) is 6.43. The van der Waals surface area contributed by atoms with Gasteiger partial charge in [0, 0.05) is 11.4 Å². The highest BCUT2D eigenvalue weighted by Crippen LogP contribution is 2.24. The van der Waals surface area contributed by atoms with Gasteiger partial charge in [-0.2, -0.15) is 0 Å². The minimum Gasteiger partial charge on any atom is -0.492 e. The fourth-order valence-electron chi connectivity index (χ4n) is 2.23. The van der Waals surface area contributed by atoms with Crippen LogP contribution in [0.4, 0.5) is 10.5 Å². The van der Waals surface area contributed by atoms with Gasteiger partial charge in [-0.1, -0.05) is 18.2 Å². The molecule has 0 aliphatic heterocycles. The third-order valence-corrected chi connectivity index (χ3v) is 4.36.